The second kappa shape index (κ2) is 8.55. The van der Waals surface area contributed by atoms with Gasteiger partial charge in [0.25, 0.3) is 0 Å². The maximum atomic E-state index is 13.5. The number of nitrogens with zero attached hydrogens (tertiary/aromatic N) is 1. The number of aromatic nitrogens is 2. The summed E-state index contributed by atoms with van der Waals surface area (Å²) < 4.78 is 26.8. The van der Waals surface area contributed by atoms with Crippen molar-refractivity contribution in [1.82, 2.24) is 15.3 Å². The number of halogens is 2. The van der Waals surface area contributed by atoms with Gasteiger partial charge in [0, 0.05) is 18.4 Å². The number of rotatable bonds is 6. The number of benzene rings is 2. The fourth-order valence-corrected chi connectivity index (χ4v) is 3.16. The quantitative estimate of drug-likeness (QED) is 0.597. The third kappa shape index (κ3) is 5.08. The number of hydrogen-bond donors (Lipinski definition) is 2. The molecule has 0 unspecified atom stereocenters. The van der Waals surface area contributed by atoms with Gasteiger partial charge < -0.3 is 10.3 Å². The molecule has 3 rings (SSSR count). The van der Waals surface area contributed by atoms with Crippen LogP contribution < -0.4 is 5.32 Å². The Balaban J connectivity index is 1.64. The van der Waals surface area contributed by atoms with E-state index in [-0.39, 0.29) is 35.9 Å². The van der Waals surface area contributed by atoms with Crippen molar-refractivity contribution in [2.45, 2.75) is 46.1 Å². The first-order valence-electron chi connectivity index (χ1n) is 9.62. The normalized spacial score (nSPS) is 14.1. The molecule has 0 radical (unpaired) electrons. The molecular formula is C23H25F2N3O. The average molecular weight is 397 g/mol. The Bertz CT molecular complexity index is 1070. The van der Waals surface area contributed by atoms with Gasteiger partial charge in [0.05, 0.1) is 11.0 Å². The molecule has 2 N–H and O–H groups in total. The average Bonchev–Trinajstić information content (AvgIpc) is 3.07. The zero-order valence-electron chi connectivity index (χ0n) is 17.0. The molecule has 0 fully saturated rings. The summed E-state index contributed by atoms with van der Waals surface area (Å²) in [6.07, 6.45) is 2.14. The number of carbonyl (C=O) groups excluding carboxylic acids is 1. The summed E-state index contributed by atoms with van der Waals surface area (Å²) in [4.78, 5) is 20.0. The predicted molar refractivity (Wildman–Crippen MR) is 111 cm³/mol. The zero-order chi connectivity index (χ0) is 21.1. The summed E-state index contributed by atoms with van der Waals surface area (Å²) in [6, 6.07) is 8.83. The number of nitrogens with one attached hydrogen (secondary N) is 2. The third-order valence-electron chi connectivity index (χ3n) is 5.11. The molecule has 3 aromatic rings. The Morgan fingerprint density at radius 2 is 1.86 bits per heavy atom. The van der Waals surface area contributed by atoms with E-state index < -0.39 is 0 Å². The molecule has 0 saturated heterocycles. The minimum atomic E-state index is -0.331. The van der Waals surface area contributed by atoms with E-state index in [9.17, 15) is 13.6 Å². The van der Waals surface area contributed by atoms with E-state index in [0.29, 0.717) is 16.9 Å². The highest BCUT2D eigenvalue weighted by Crippen LogP contribution is 2.21. The number of aromatic amines is 1. The molecule has 6 heteroatoms. The number of fused-ring (bicyclic) bond motifs is 1. The van der Waals surface area contributed by atoms with Crippen LogP contribution in [0.3, 0.4) is 0 Å². The van der Waals surface area contributed by atoms with Crippen molar-refractivity contribution < 1.29 is 13.6 Å². The van der Waals surface area contributed by atoms with Crippen molar-refractivity contribution in [2.75, 3.05) is 0 Å². The highest BCUT2D eigenvalue weighted by Gasteiger charge is 2.17. The zero-order valence-corrected chi connectivity index (χ0v) is 17.0. The Morgan fingerprint density at radius 3 is 2.62 bits per heavy atom. The molecule has 29 heavy (non-hydrogen) atoms. The topological polar surface area (TPSA) is 57.8 Å². The first-order chi connectivity index (χ1) is 13.7. The molecule has 2 aromatic carbocycles. The van der Waals surface area contributed by atoms with E-state index in [1.807, 2.05) is 33.8 Å². The van der Waals surface area contributed by atoms with E-state index in [2.05, 4.69) is 15.3 Å². The number of aryl methyl sites for hydroxylation is 1. The van der Waals surface area contributed by atoms with Crippen LogP contribution in [0.1, 0.15) is 50.1 Å². The molecule has 1 aromatic heterocycles. The smallest absolute Gasteiger partial charge is 0.221 e. The Labute approximate surface area is 169 Å². The van der Waals surface area contributed by atoms with E-state index >= 15 is 0 Å². The van der Waals surface area contributed by atoms with Gasteiger partial charge in [0.2, 0.25) is 5.91 Å². The monoisotopic (exact) mass is 397 g/mol. The standard InChI is InChI=1S/C23H25F2N3O/c1-13-5-6-18(24)11-17(13)9-14(2)16(4)26-22(29)10-15(3)23-27-20-8-7-19(25)12-21(20)28-23/h5-9,11-12,15-16H,10H2,1-4H3,(H,26,29)(H,27,28)/b14-9+/t15-,16+/m0/s1. The minimum absolute atomic E-state index is 0.111. The van der Waals surface area contributed by atoms with Gasteiger partial charge in [0.1, 0.15) is 17.5 Å². The molecule has 4 nitrogen and oxygen atoms in total. The van der Waals surface area contributed by atoms with E-state index in [1.165, 1.54) is 24.3 Å². The molecule has 0 spiro atoms. The lowest BCUT2D eigenvalue weighted by Crippen LogP contribution is -2.34. The van der Waals surface area contributed by atoms with Gasteiger partial charge in [-0.25, -0.2) is 13.8 Å². The van der Waals surface area contributed by atoms with Crippen LogP contribution in [0.5, 0.6) is 0 Å². The maximum absolute atomic E-state index is 13.5. The number of H-pyrrole nitrogens is 1. The van der Waals surface area contributed by atoms with Crippen LogP contribution in [0.2, 0.25) is 0 Å². The summed E-state index contributed by atoms with van der Waals surface area (Å²) in [6.45, 7) is 7.62. The second-order valence-electron chi connectivity index (χ2n) is 7.57. The molecule has 0 aliphatic carbocycles. The Kier molecular flexibility index (Phi) is 6.11. The maximum Gasteiger partial charge on any atom is 0.221 e. The molecule has 0 saturated carbocycles. The van der Waals surface area contributed by atoms with Crippen molar-refractivity contribution in [3.05, 3.63) is 70.6 Å². The van der Waals surface area contributed by atoms with Gasteiger partial charge in [-0.3, -0.25) is 4.79 Å². The molecule has 0 bridgehead atoms. The lowest BCUT2D eigenvalue weighted by atomic mass is 10.0. The largest absolute Gasteiger partial charge is 0.350 e. The molecule has 0 aliphatic rings. The molecule has 1 amide bonds. The lowest BCUT2D eigenvalue weighted by molar-refractivity contribution is -0.121. The van der Waals surface area contributed by atoms with E-state index in [0.717, 1.165) is 16.7 Å². The van der Waals surface area contributed by atoms with Gasteiger partial charge in [-0.15, -0.1) is 0 Å². The van der Waals surface area contributed by atoms with Gasteiger partial charge >= 0.3 is 0 Å². The molecule has 2 atom stereocenters. The number of carbonyl (C=O) groups is 1. The van der Waals surface area contributed by atoms with Crippen LogP contribution in [-0.4, -0.2) is 21.9 Å². The third-order valence-corrected chi connectivity index (χ3v) is 5.11. The van der Waals surface area contributed by atoms with Gasteiger partial charge in [-0.2, -0.15) is 0 Å². The Morgan fingerprint density at radius 1 is 1.17 bits per heavy atom. The number of amides is 1. The SMILES string of the molecule is C/C(=C\c1cc(F)ccc1C)[C@@H](C)NC(=O)C[C@H](C)c1nc2ccc(F)cc2[nH]1. The summed E-state index contributed by atoms with van der Waals surface area (Å²) in [5, 5.41) is 2.97. The lowest BCUT2D eigenvalue weighted by Gasteiger charge is -2.17. The number of imidazole rings is 1. The highest BCUT2D eigenvalue weighted by molar-refractivity contribution is 5.78. The number of hydrogen-bond acceptors (Lipinski definition) is 2. The Hall–Kier alpha value is -3.02. The van der Waals surface area contributed by atoms with Crippen LogP contribution >= 0.6 is 0 Å². The molecular weight excluding hydrogens is 372 g/mol. The fraction of sp³-hybridized carbons (Fsp3) is 0.304. The molecule has 1 heterocycles. The van der Waals surface area contributed by atoms with Crippen molar-refractivity contribution in [1.29, 1.82) is 0 Å². The fourth-order valence-electron chi connectivity index (χ4n) is 3.16. The minimum Gasteiger partial charge on any atom is -0.350 e. The van der Waals surface area contributed by atoms with Crippen molar-refractivity contribution >= 4 is 23.0 Å². The van der Waals surface area contributed by atoms with E-state index in [4.69, 9.17) is 0 Å². The van der Waals surface area contributed by atoms with Crippen molar-refractivity contribution in [3.63, 3.8) is 0 Å². The molecule has 152 valence electrons. The van der Waals surface area contributed by atoms with Gasteiger partial charge in [0.15, 0.2) is 0 Å². The van der Waals surface area contributed by atoms with Crippen LogP contribution in [0.25, 0.3) is 17.1 Å². The molecule has 0 aliphatic heterocycles. The first kappa shape index (κ1) is 20.7. The van der Waals surface area contributed by atoms with E-state index in [1.54, 1.807) is 12.1 Å². The van der Waals surface area contributed by atoms with Crippen LogP contribution in [0.15, 0.2) is 42.0 Å². The summed E-state index contributed by atoms with van der Waals surface area (Å²) in [7, 11) is 0. The summed E-state index contributed by atoms with van der Waals surface area (Å²) in [5.74, 6) is -0.225. The highest BCUT2D eigenvalue weighted by atomic mass is 19.1. The summed E-state index contributed by atoms with van der Waals surface area (Å²) in [5.41, 5.74) is 3.99. The van der Waals surface area contributed by atoms with Crippen molar-refractivity contribution in [2.24, 2.45) is 0 Å². The van der Waals surface area contributed by atoms with Crippen molar-refractivity contribution in [3.8, 4) is 0 Å². The summed E-state index contributed by atoms with van der Waals surface area (Å²) >= 11 is 0. The predicted octanol–water partition coefficient (Wildman–Crippen LogP) is 5.25. The van der Waals surface area contributed by atoms with Crippen LogP contribution in [-0.2, 0) is 4.79 Å². The van der Waals surface area contributed by atoms with Gasteiger partial charge in [-0.05, 0) is 62.2 Å². The van der Waals surface area contributed by atoms with Gasteiger partial charge in [-0.1, -0.05) is 24.6 Å². The van der Waals surface area contributed by atoms with Crippen LogP contribution in [0.4, 0.5) is 8.78 Å². The van der Waals surface area contributed by atoms with Crippen LogP contribution in [0, 0.1) is 18.6 Å². The first-order valence-corrected chi connectivity index (χ1v) is 9.62. The second-order valence-corrected chi connectivity index (χ2v) is 7.57.